The van der Waals surface area contributed by atoms with Gasteiger partial charge in [-0.3, -0.25) is 0 Å². The van der Waals surface area contributed by atoms with E-state index in [1.807, 2.05) is 0 Å². The highest BCUT2D eigenvalue weighted by Gasteiger charge is 2.61. The molecule has 5 aliphatic carbocycles. The Hall–Kier alpha value is -5.08. The van der Waals surface area contributed by atoms with Gasteiger partial charge in [-0.15, -0.1) is 0 Å². The number of nitrogens with zero attached hydrogens (tertiary/aromatic N) is 1. The average Bonchev–Trinajstić information content (AvgIpc) is 3.65. The van der Waals surface area contributed by atoms with E-state index in [-0.39, 0.29) is 5.41 Å². The van der Waals surface area contributed by atoms with Crippen LogP contribution in [0.1, 0.15) is 43.2 Å². The van der Waals surface area contributed by atoms with Crippen molar-refractivity contribution in [1.82, 2.24) is 0 Å². The van der Waals surface area contributed by atoms with Crippen molar-refractivity contribution in [2.75, 3.05) is 4.90 Å². The number of benzene rings is 6. The van der Waals surface area contributed by atoms with Gasteiger partial charge in [0.25, 0.3) is 0 Å². The molecule has 0 amide bonds. The van der Waals surface area contributed by atoms with Crippen LogP contribution >= 0.6 is 0 Å². The van der Waals surface area contributed by atoms with Gasteiger partial charge in [0.2, 0.25) is 0 Å². The molecule has 0 atom stereocenters. The first-order chi connectivity index (χ1) is 23.8. The lowest BCUT2D eigenvalue weighted by Crippen LogP contribution is -2.55. The Kier molecular flexibility index (Phi) is 5.59. The SMILES string of the molecule is c1ccc(-c2ccc(N(c3ccc4c(c3)C3(c5ccccc5-4)C4CC5CC(C4)CC3C5)c3cccc4oc5ccccc5c34)cc2)cc1. The van der Waals surface area contributed by atoms with E-state index in [0.717, 1.165) is 57.0 Å². The molecule has 0 saturated heterocycles. The number of para-hydroxylation sites is 1. The van der Waals surface area contributed by atoms with E-state index >= 15 is 0 Å². The molecule has 4 fully saturated rings. The van der Waals surface area contributed by atoms with Gasteiger partial charge in [-0.05, 0) is 132 Å². The van der Waals surface area contributed by atoms with Gasteiger partial charge in [0, 0.05) is 22.2 Å². The average molecular weight is 620 g/mol. The minimum absolute atomic E-state index is 0.118. The monoisotopic (exact) mass is 619 g/mol. The summed E-state index contributed by atoms with van der Waals surface area (Å²) < 4.78 is 6.44. The molecule has 0 unspecified atom stereocenters. The van der Waals surface area contributed by atoms with Crippen molar-refractivity contribution in [3.05, 3.63) is 151 Å². The first-order valence-corrected chi connectivity index (χ1v) is 17.9. The Balaban J connectivity index is 1.15. The zero-order chi connectivity index (χ0) is 31.4. The highest BCUT2D eigenvalue weighted by atomic mass is 16.3. The van der Waals surface area contributed by atoms with E-state index in [2.05, 4.69) is 144 Å². The molecule has 48 heavy (non-hydrogen) atoms. The minimum Gasteiger partial charge on any atom is -0.456 e. The lowest BCUT2D eigenvalue weighted by Gasteiger charge is -2.61. The van der Waals surface area contributed by atoms with E-state index in [0.29, 0.717) is 0 Å². The molecule has 0 radical (unpaired) electrons. The minimum atomic E-state index is 0.118. The molecular weight excluding hydrogens is 583 g/mol. The summed E-state index contributed by atoms with van der Waals surface area (Å²) in [5.74, 6) is 3.30. The molecule has 4 saturated carbocycles. The van der Waals surface area contributed by atoms with Crippen molar-refractivity contribution >= 4 is 39.0 Å². The number of furan rings is 1. The van der Waals surface area contributed by atoms with Crippen molar-refractivity contribution in [3.63, 3.8) is 0 Å². The molecule has 0 N–H and O–H groups in total. The van der Waals surface area contributed by atoms with Crippen LogP contribution in [0.15, 0.2) is 144 Å². The number of hydrogen-bond donors (Lipinski definition) is 0. The Morgan fingerprint density at radius 1 is 0.500 bits per heavy atom. The van der Waals surface area contributed by atoms with Gasteiger partial charge < -0.3 is 9.32 Å². The summed E-state index contributed by atoms with van der Waals surface area (Å²) >= 11 is 0. The summed E-state index contributed by atoms with van der Waals surface area (Å²) in [6, 6.07) is 51.7. The maximum atomic E-state index is 6.44. The molecule has 1 aromatic heterocycles. The largest absolute Gasteiger partial charge is 0.456 e. The predicted octanol–water partition coefficient (Wildman–Crippen LogP) is 12.4. The van der Waals surface area contributed by atoms with Crippen molar-refractivity contribution in [1.29, 1.82) is 0 Å². The van der Waals surface area contributed by atoms with Crippen molar-refractivity contribution in [2.45, 2.75) is 37.5 Å². The van der Waals surface area contributed by atoms with E-state index in [4.69, 9.17) is 4.42 Å². The lowest BCUT2D eigenvalue weighted by molar-refractivity contribution is -0.0399. The summed E-state index contributed by atoms with van der Waals surface area (Å²) in [6.07, 6.45) is 7.00. The molecule has 1 heterocycles. The van der Waals surface area contributed by atoms with E-state index in [9.17, 15) is 0 Å². The van der Waals surface area contributed by atoms with Crippen LogP contribution in [0.2, 0.25) is 0 Å². The van der Waals surface area contributed by atoms with Crippen LogP contribution in [0.25, 0.3) is 44.2 Å². The molecule has 1 spiro atoms. The number of fused-ring (bicyclic) bond motifs is 6. The summed E-state index contributed by atoms with van der Waals surface area (Å²) in [7, 11) is 0. The Morgan fingerprint density at radius 3 is 1.96 bits per heavy atom. The fourth-order valence-electron chi connectivity index (χ4n) is 11.1. The highest BCUT2D eigenvalue weighted by Crippen LogP contribution is 2.69. The molecule has 2 nitrogen and oxygen atoms in total. The van der Waals surface area contributed by atoms with Gasteiger partial charge in [0.15, 0.2) is 0 Å². The van der Waals surface area contributed by atoms with Gasteiger partial charge in [-0.1, -0.05) is 97.1 Å². The third kappa shape index (κ3) is 3.64. The smallest absolute Gasteiger partial charge is 0.137 e. The Labute approximate surface area is 281 Å². The molecule has 4 bridgehead atoms. The van der Waals surface area contributed by atoms with Gasteiger partial charge in [-0.25, -0.2) is 0 Å². The number of anilines is 3. The number of hydrogen-bond acceptors (Lipinski definition) is 2. The van der Waals surface area contributed by atoms with E-state index in [1.165, 1.54) is 60.0 Å². The molecule has 6 aromatic carbocycles. The lowest BCUT2D eigenvalue weighted by atomic mass is 9.43. The second kappa shape index (κ2) is 9.97. The topological polar surface area (TPSA) is 16.4 Å². The van der Waals surface area contributed by atoms with E-state index < -0.39 is 0 Å². The molecule has 2 heteroatoms. The maximum absolute atomic E-state index is 6.44. The molecule has 5 aliphatic rings. The quantitative estimate of drug-likeness (QED) is 0.195. The zero-order valence-corrected chi connectivity index (χ0v) is 27.0. The van der Waals surface area contributed by atoms with Gasteiger partial charge >= 0.3 is 0 Å². The van der Waals surface area contributed by atoms with Gasteiger partial charge in [0.1, 0.15) is 11.2 Å². The van der Waals surface area contributed by atoms with Gasteiger partial charge in [-0.2, -0.15) is 0 Å². The molecule has 0 aliphatic heterocycles. The third-order valence-corrected chi connectivity index (χ3v) is 12.6. The first kappa shape index (κ1) is 26.9. The third-order valence-electron chi connectivity index (χ3n) is 12.6. The fraction of sp³-hybridized carbons (Fsp3) is 0.217. The highest BCUT2D eigenvalue weighted by molar-refractivity contribution is 6.13. The molecule has 232 valence electrons. The van der Waals surface area contributed by atoms with E-state index in [1.54, 1.807) is 11.1 Å². The van der Waals surface area contributed by atoms with Crippen LogP contribution < -0.4 is 4.90 Å². The Morgan fingerprint density at radius 2 is 1.15 bits per heavy atom. The predicted molar refractivity (Wildman–Crippen MR) is 197 cm³/mol. The van der Waals surface area contributed by atoms with Crippen LogP contribution in [-0.2, 0) is 5.41 Å². The van der Waals surface area contributed by atoms with Crippen LogP contribution in [0, 0.1) is 23.7 Å². The summed E-state index contributed by atoms with van der Waals surface area (Å²) in [6.45, 7) is 0. The normalized spacial score (nSPS) is 24.8. The Bertz CT molecular complexity index is 2340. The van der Waals surface area contributed by atoms with Crippen LogP contribution in [0.3, 0.4) is 0 Å². The van der Waals surface area contributed by atoms with Crippen molar-refractivity contribution in [2.24, 2.45) is 23.7 Å². The maximum Gasteiger partial charge on any atom is 0.137 e. The first-order valence-electron chi connectivity index (χ1n) is 17.9. The number of rotatable bonds is 4. The summed E-state index contributed by atoms with van der Waals surface area (Å²) in [5, 5.41) is 2.31. The second-order valence-corrected chi connectivity index (χ2v) is 14.9. The van der Waals surface area contributed by atoms with Crippen molar-refractivity contribution in [3.8, 4) is 22.3 Å². The van der Waals surface area contributed by atoms with Crippen molar-refractivity contribution < 1.29 is 4.42 Å². The summed E-state index contributed by atoms with van der Waals surface area (Å²) in [4.78, 5) is 2.49. The van der Waals surface area contributed by atoms with Crippen LogP contribution in [0.4, 0.5) is 17.1 Å². The van der Waals surface area contributed by atoms with Gasteiger partial charge in [0.05, 0.1) is 11.1 Å². The molecular formula is C46H37NO. The fourth-order valence-corrected chi connectivity index (χ4v) is 11.1. The second-order valence-electron chi connectivity index (χ2n) is 14.9. The molecule has 7 aromatic rings. The van der Waals surface area contributed by atoms with Crippen LogP contribution in [-0.4, -0.2) is 0 Å². The summed E-state index contributed by atoms with van der Waals surface area (Å²) in [5.41, 5.74) is 14.1. The van der Waals surface area contributed by atoms with Crippen LogP contribution in [0.5, 0.6) is 0 Å². The zero-order valence-electron chi connectivity index (χ0n) is 27.0. The molecule has 12 rings (SSSR count). The standard InChI is InChI=1S/C46H37NO/c1-2-9-31(10-3-1)32-17-19-35(20-18-32)47(42-14-8-16-44-45(42)39-12-5-7-15-43(39)48-44)36-21-22-38-37-11-4-6-13-40(37)46(41(38)28-36)33-24-29-23-30(26-33)27-34(46)25-29/h1-22,28-30,33-34H,23-27H2.